The number of carbonyl (C=O) groups excluding carboxylic acids is 1. The largest absolute Gasteiger partial charge is 0.375 e. The van der Waals surface area contributed by atoms with Crippen molar-refractivity contribution in [3.8, 4) is 16.9 Å². The lowest BCUT2D eigenvalue weighted by Gasteiger charge is -2.35. The number of aryl methyl sites for hydroxylation is 1. The fourth-order valence-corrected chi connectivity index (χ4v) is 6.66. The van der Waals surface area contributed by atoms with E-state index >= 15 is 4.39 Å². The fourth-order valence-electron chi connectivity index (χ4n) is 5.90. The molecule has 6 rings (SSSR count). The lowest BCUT2D eigenvalue weighted by Crippen LogP contribution is -2.50. The molecule has 0 radical (unpaired) electrons. The SMILES string of the molecule is CNC(=O)c1c(N2CCN[C@H](C)C2)c2cc(F)c(-c3cccc4sc(N)nc34)nc2n(-c2c(C)ccnc2C(C)C)c1=O. The number of carbonyl (C=O) groups is 1. The third kappa shape index (κ3) is 4.80. The van der Waals surface area contributed by atoms with Gasteiger partial charge in [0.2, 0.25) is 0 Å². The van der Waals surface area contributed by atoms with Crippen LogP contribution in [0.25, 0.3) is 38.2 Å². The lowest BCUT2D eigenvalue weighted by molar-refractivity contribution is 0.0962. The summed E-state index contributed by atoms with van der Waals surface area (Å²) >= 11 is 1.31. The monoisotopic (exact) mass is 600 g/mol. The number of nitrogens with zero attached hydrogens (tertiary/aromatic N) is 5. The minimum absolute atomic E-state index is 0.0384. The number of nitrogens with two attached hydrogens (primary N) is 1. The van der Waals surface area contributed by atoms with Crippen LogP contribution in [0.5, 0.6) is 0 Å². The number of hydrogen-bond donors (Lipinski definition) is 3. The van der Waals surface area contributed by atoms with Gasteiger partial charge < -0.3 is 21.3 Å². The Hall–Kier alpha value is -4.42. The molecule has 0 saturated carbocycles. The van der Waals surface area contributed by atoms with E-state index < -0.39 is 17.3 Å². The highest BCUT2D eigenvalue weighted by molar-refractivity contribution is 7.22. The third-order valence-corrected chi connectivity index (χ3v) is 8.68. The molecule has 5 heterocycles. The Morgan fingerprint density at radius 1 is 1.23 bits per heavy atom. The van der Waals surface area contributed by atoms with Gasteiger partial charge in [-0.25, -0.2) is 14.4 Å². The summed E-state index contributed by atoms with van der Waals surface area (Å²) in [6.07, 6.45) is 1.70. The van der Waals surface area contributed by atoms with E-state index in [1.165, 1.54) is 29.0 Å². The number of amides is 1. The Balaban J connectivity index is 1.80. The molecule has 1 atom stereocenters. The third-order valence-electron chi connectivity index (χ3n) is 7.83. The zero-order valence-electron chi connectivity index (χ0n) is 24.7. The Kier molecular flexibility index (Phi) is 7.35. The van der Waals surface area contributed by atoms with Gasteiger partial charge in [-0.3, -0.25) is 19.1 Å². The predicted molar refractivity (Wildman–Crippen MR) is 170 cm³/mol. The van der Waals surface area contributed by atoms with E-state index in [1.54, 1.807) is 18.3 Å². The summed E-state index contributed by atoms with van der Waals surface area (Å²) in [4.78, 5) is 44.1. The predicted octanol–water partition coefficient (Wildman–Crippen LogP) is 4.37. The van der Waals surface area contributed by atoms with E-state index in [9.17, 15) is 9.59 Å². The first-order chi connectivity index (χ1) is 20.6. The summed E-state index contributed by atoms with van der Waals surface area (Å²) in [6, 6.07) is 8.70. The molecule has 0 spiro atoms. The number of nitrogen functional groups attached to an aromatic ring is 1. The number of aromatic nitrogens is 4. The number of nitrogens with one attached hydrogen (secondary N) is 2. The first-order valence-corrected chi connectivity index (χ1v) is 15.0. The van der Waals surface area contributed by atoms with Crippen LogP contribution in [0.2, 0.25) is 0 Å². The van der Waals surface area contributed by atoms with Crippen LogP contribution in [0.4, 0.5) is 15.2 Å². The molecule has 1 aromatic carbocycles. The van der Waals surface area contributed by atoms with Crippen LogP contribution in [-0.4, -0.2) is 58.1 Å². The summed E-state index contributed by atoms with van der Waals surface area (Å²) in [6.45, 7) is 9.57. The van der Waals surface area contributed by atoms with E-state index in [0.717, 1.165) is 10.3 Å². The number of piperazine rings is 1. The second-order valence-electron chi connectivity index (χ2n) is 11.2. The molecule has 0 unspecified atom stereocenters. The Morgan fingerprint density at radius 3 is 2.74 bits per heavy atom. The maximum atomic E-state index is 16.4. The number of anilines is 2. The molecule has 1 aliphatic rings. The van der Waals surface area contributed by atoms with Crippen molar-refractivity contribution in [3.05, 3.63) is 69.5 Å². The summed E-state index contributed by atoms with van der Waals surface area (Å²) in [5, 5.41) is 6.75. The zero-order chi connectivity index (χ0) is 30.6. The summed E-state index contributed by atoms with van der Waals surface area (Å²) < 4.78 is 18.6. The van der Waals surface area contributed by atoms with Crippen molar-refractivity contribution in [2.75, 3.05) is 37.3 Å². The normalized spacial score (nSPS) is 15.5. The summed E-state index contributed by atoms with van der Waals surface area (Å²) in [5.74, 6) is -1.21. The molecular weight excluding hydrogens is 567 g/mol. The van der Waals surface area contributed by atoms with Crippen LogP contribution in [0, 0.1) is 12.7 Å². The number of rotatable bonds is 5. The van der Waals surface area contributed by atoms with Gasteiger partial charge in [-0.05, 0) is 43.5 Å². The van der Waals surface area contributed by atoms with Gasteiger partial charge in [0, 0.05) is 49.9 Å². The minimum Gasteiger partial charge on any atom is -0.375 e. The van der Waals surface area contributed by atoms with E-state index in [1.807, 2.05) is 44.7 Å². The molecule has 0 aliphatic carbocycles. The first-order valence-electron chi connectivity index (χ1n) is 14.2. The van der Waals surface area contributed by atoms with Gasteiger partial charge in [0.1, 0.15) is 17.1 Å². The van der Waals surface area contributed by atoms with E-state index in [0.29, 0.717) is 58.3 Å². The summed E-state index contributed by atoms with van der Waals surface area (Å²) in [7, 11) is 1.48. The van der Waals surface area contributed by atoms with E-state index in [4.69, 9.17) is 10.7 Å². The molecule has 222 valence electrons. The molecule has 4 N–H and O–H groups in total. The number of para-hydroxylation sites is 1. The van der Waals surface area contributed by atoms with Crippen LogP contribution in [0.1, 0.15) is 48.3 Å². The number of pyridine rings is 3. The topological polar surface area (TPSA) is 131 Å². The smallest absolute Gasteiger partial charge is 0.271 e. The van der Waals surface area contributed by atoms with Gasteiger partial charge in [0.25, 0.3) is 11.5 Å². The molecule has 1 fully saturated rings. The molecule has 10 nitrogen and oxygen atoms in total. The second-order valence-corrected chi connectivity index (χ2v) is 12.2. The number of halogens is 1. The maximum absolute atomic E-state index is 16.4. The van der Waals surface area contributed by atoms with Gasteiger partial charge in [-0.2, -0.15) is 0 Å². The van der Waals surface area contributed by atoms with E-state index in [2.05, 4.69) is 20.6 Å². The van der Waals surface area contributed by atoms with Crippen molar-refractivity contribution in [2.24, 2.45) is 0 Å². The molecule has 5 aromatic rings. The van der Waals surface area contributed by atoms with Crippen LogP contribution in [0.3, 0.4) is 0 Å². The molecule has 0 bridgehead atoms. The molecular formula is C31H33FN8O2S. The summed E-state index contributed by atoms with van der Waals surface area (Å²) in [5.41, 5.74) is 8.99. The second kappa shape index (κ2) is 11.0. The first kappa shape index (κ1) is 28.7. The molecule has 4 aromatic heterocycles. The standard InChI is InChI=1S/C31H33FN8O2S/c1-15(2)23-26(16(3)9-10-36-23)40-28-19(27(22(30(40)42)29(41)34-5)39-12-11-35-17(4)14-39)13-20(32)24(37-28)18-7-6-8-21-25(18)38-31(33)43-21/h6-10,13,15,17,35H,11-12,14H2,1-5H3,(H2,33,38)(H,34,41)/t17-/m1/s1. The van der Waals surface area contributed by atoms with Crippen LogP contribution in [0.15, 0.2) is 41.3 Å². The number of benzene rings is 1. The Labute approximate surface area is 251 Å². The zero-order valence-corrected chi connectivity index (χ0v) is 25.5. The number of thiazole rings is 1. The van der Waals surface area contributed by atoms with Crippen molar-refractivity contribution >= 4 is 49.3 Å². The van der Waals surface area contributed by atoms with Gasteiger partial charge in [0.05, 0.1) is 27.3 Å². The highest BCUT2D eigenvalue weighted by Gasteiger charge is 2.31. The van der Waals surface area contributed by atoms with Gasteiger partial charge in [0.15, 0.2) is 10.8 Å². The van der Waals surface area contributed by atoms with Crippen molar-refractivity contribution < 1.29 is 9.18 Å². The van der Waals surface area contributed by atoms with E-state index in [-0.39, 0.29) is 28.9 Å². The highest BCUT2D eigenvalue weighted by Crippen LogP contribution is 2.38. The number of hydrogen-bond acceptors (Lipinski definition) is 9. The van der Waals surface area contributed by atoms with Gasteiger partial charge in [-0.1, -0.05) is 37.3 Å². The average molecular weight is 601 g/mol. The van der Waals surface area contributed by atoms with Crippen molar-refractivity contribution in [1.82, 2.24) is 30.2 Å². The molecule has 1 amide bonds. The fraction of sp³-hybridized carbons (Fsp3) is 0.323. The highest BCUT2D eigenvalue weighted by atomic mass is 32.1. The average Bonchev–Trinajstić information content (AvgIpc) is 3.37. The van der Waals surface area contributed by atoms with Crippen LogP contribution >= 0.6 is 11.3 Å². The minimum atomic E-state index is -0.601. The van der Waals surface area contributed by atoms with Gasteiger partial charge >= 0.3 is 0 Å². The van der Waals surface area contributed by atoms with Crippen molar-refractivity contribution in [2.45, 2.75) is 39.7 Å². The van der Waals surface area contributed by atoms with Gasteiger partial charge in [-0.15, -0.1) is 0 Å². The molecule has 1 aliphatic heterocycles. The van der Waals surface area contributed by atoms with Crippen molar-refractivity contribution in [1.29, 1.82) is 0 Å². The Bertz CT molecular complexity index is 1970. The van der Waals surface area contributed by atoms with Crippen molar-refractivity contribution in [3.63, 3.8) is 0 Å². The molecule has 43 heavy (non-hydrogen) atoms. The maximum Gasteiger partial charge on any atom is 0.271 e. The van der Waals surface area contributed by atoms with Crippen LogP contribution in [-0.2, 0) is 0 Å². The van der Waals surface area contributed by atoms with Crippen LogP contribution < -0.4 is 26.8 Å². The lowest BCUT2D eigenvalue weighted by atomic mass is 10.0. The Morgan fingerprint density at radius 2 is 2.02 bits per heavy atom. The molecule has 12 heteroatoms. The molecule has 1 saturated heterocycles. The number of fused-ring (bicyclic) bond motifs is 2. The quantitative estimate of drug-likeness (QED) is 0.271.